The average molecular weight is 354 g/mol. The van der Waals surface area contributed by atoms with Gasteiger partial charge in [0.15, 0.2) is 0 Å². The van der Waals surface area contributed by atoms with Gasteiger partial charge in [-0.2, -0.15) is 5.10 Å². The summed E-state index contributed by atoms with van der Waals surface area (Å²) in [5, 5.41) is 9.32. The van der Waals surface area contributed by atoms with Crippen LogP contribution in [0.15, 0.2) is 57.3 Å². The SMILES string of the molecule is CCN=c1scc(-c2cccs2)n1N=C1CCCc2ccccc21. The third-order valence-corrected chi connectivity index (χ3v) is 5.91. The molecule has 1 aromatic carbocycles. The van der Waals surface area contributed by atoms with Crippen LogP contribution in [0.2, 0.25) is 0 Å². The highest BCUT2D eigenvalue weighted by molar-refractivity contribution is 7.14. The van der Waals surface area contributed by atoms with Crippen LogP contribution < -0.4 is 4.80 Å². The minimum Gasteiger partial charge on any atom is -0.258 e. The van der Waals surface area contributed by atoms with Gasteiger partial charge in [-0.25, -0.2) is 4.68 Å². The van der Waals surface area contributed by atoms with E-state index >= 15 is 0 Å². The first kappa shape index (κ1) is 15.5. The van der Waals surface area contributed by atoms with Gasteiger partial charge in [0, 0.05) is 17.5 Å². The largest absolute Gasteiger partial charge is 0.258 e. The lowest BCUT2D eigenvalue weighted by atomic mass is 9.90. The van der Waals surface area contributed by atoms with Crippen molar-refractivity contribution in [3.63, 3.8) is 0 Å². The quantitative estimate of drug-likeness (QED) is 0.648. The monoisotopic (exact) mass is 353 g/mol. The summed E-state index contributed by atoms with van der Waals surface area (Å²) in [7, 11) is 0. The number of aromatic nitrogens is 1. The molecule has 0 saturated heterocycles. The van der Waals surface area contributed by atoms with E-state index in [0.717, 1.165) is 36.3 Å². The van der Waals surface area contributed by atoms with Crippen LogP contribution >= 0.6 is 22.7 Å². The molecular weight excluding hydrogens is 334 g/mol. The third kappa shape index (κ3) is 2.89. The molecule has 0 aliphatic heterocycles. The van der Waals surface area contributed by atoms with E-state index in [1.54, 1.807) is 22.7 Å². The zero-order valence-electron chi connectivity index (χ0n) is 13.6. The van der Waals surface area contributed by atoms with Gasteiger partial charge in [0.25, 0.3) is 0 Å². The van der Waals surface area contributed by atoms with Crippen LogP contribution in [0.5, 0.6) is 0 Å². The highest BCUT2D eigenvalue weighted by Crippen LogP contribution is 2.27. The van der Waals surface area contributed by atoms with Gasteiger partial charge in [-0.3, -0.25) is 4.99 Å². The summed E-state index contributed by atoms with van der Waals surface area (Å²) in [6.45, 7) is 2.84. The van der Waals surface area contributed by atoms with E-state index in [9.17, 15) is 0 Å². The Kier molecular flexibility index (Phi) is 4.45. The molecule has 5 heteroatoms. The Hall–Kier alpha value is -1.98. The molecule has 0 fully saturated rings. The van der Waals surface area contributed by atoms with Gasteiger partial charge in [0.2, 0.25) is 4.80 Å². The van der Waals surface area contributed by atoms with E-state index in [1.807, 2.05) is 4.68 Å². The van der Waals surface area contributed by atoms with E-state index in [0.29, 0.717) is 0 Å². The van der Waals surface area contributed by atoms with Gasteiger partial charge in [-0.1, -0.05) is 30.3 Å². The first-order valence-electron chi connectivity index (χ1n) is 8.28. The fraction of sp³-hybridized carbons (Fsp3) is 0.263. The fourth-order valence-electron chi connectivity index (χ4n) is 3.06. The topological polar surface area (TPSA) is 29.6 Å². The molecule has 24 heavy (non-hydrogen) atoms. The van der Waals surface area contributed by atoms with Crippen molar-refractivity contribution in [1.82, 2.24) is 4.68 Å². The Morgan fingerprint density at radius 2 is 2.00 bits per heavy atom. The van der Waals surface area contributed by atoms with Crippen LogP contribution in [0.25, 0.3) is 10.6 Å². The number of thiophene rings is 1. The normalized spacial score (nSPS) is 16.5. The molecule has 4 rings (SSSR count). The van der Waals surface area contributed by atoms with Crippen molar-refractivity contribution >= 4 is 28.4 Å². The summed E-state index contributed by atoms with van der Waals surface area (Å²) in [4.78, 5) is 6.84. The van der Waals surface area contributed by atoms with Crippen molar-refractivity contribution in [3.05, 3.63) is 63.1 Å². The fourth-order valence-corrected chi connectivity index (χ4v) is 4.75. The van der Waals surface area contributed by atoms with Gasteiger partial charge in [0.05, 0.1) is 16.3 Å². The summed E-state index contributed by atoms with van der Waals surface area (Å²) in [5.41, 5.74) is 5.01. The average Bonchev–Trinajstić information content (AvgIpc) is 3.26. The number of fused-ring (bicyclic) bond motifs is 1. The van der Waals surface area contributed by atoms with Crippen LogP contribution in [-0.2, 0) is 6.42 Å². The molecule has 2 heterocycles. The molecule has 0 radical (unpaired) electrons. The van der Waals surface area contributed by atoms with Gasteiger partial charge in [-0.05, 0) is 43.2 Å². The molecule has 2 aromatic heterocycles. The lowest BCUT2D eigenvalue weighted by molar-refractivity contribution is 0.790. The molecule has 3 nitrogen and oxygen atoms in total. The van der Waals surface area contributed by atoms with E-state index in [2.05, 4.69) is 59.1 Å². The minimum absolute atomic E-state index is 0.770. The number of rotatable bonds is 3. The maximum absolute atomic E-state index is 5.05. The first-order valence-corrected chi connectivity index (χ1v) is 10.0. The number of benzene rings is 1. The van der Waals surface area contributed by atoms with Crippen LogP contribution in [0.4, 0.5) is 0 Å². The van der Waals surface area contributed by atoms with Crippen LogP contribution in [0, 0.1) is 0 Å². The number of hydrogen-bond donors (Lipinski definition) is 0. The maximum Gasteiger partial charge on any atom is 0.206 e. The van der Waals surface area contributed by atoms with Crippen LogP contribution in [-0.4, -0.2) is 16.9 Å². The molecule has 0 saturated carbocycles. The van der Waals surface area contributed by atoms with E-state index < -0.39 is 0 Å². The van der Waals surface area contributed by atoms with Crippen molar-refractivity contribution in [1.29, 1.82) is 0 Å². The number of nitrogens with zero attached hydrogens (tertiary/aromatic N) is 3. The Bertz CT molecular complexity index is 930. The predicted octanol–water partition coefficient (Wildman–Crippen LogP) is 4.79. The maximum atomic E-state index is 5.05. The summed E-state index contributed by atoms with van der Waals surface area (Å²) < 4.78 is 2.04. The lowest BCUT2D eigenvalue weighted by Crippen LogP contribution is -2.18. The molecule has 0 unspecified atom stereocenters. The van der Waals surface area contributed by atoms with E-state index in [1.165, 1.54) is 21.7 Å². The van der Waals surface area contributed by atoms with Crippen LogP contribution in [0.3, 0.4) is 0 Å². The minimum atomic E-state index is 0.770. The molecular formula is C19H19N3S2. The highest BCUT2D eigenvalue weighted by atomic mass is 32.1. The molecule has 0 bridgehead atoms. The van der Waals surface area contributed by atoms with Gasteiger partial charge in [0.1, 0.15) is 0 Å². The van der Waals surface area contributed by atoms with E-state index in [4.69, 9.17) is 5.10 Å². The number of thiazole rings is 1. The standard InChI is InChI=1S/C19H19N3S2/c1-2-20-19-22(17(13-24-19)18-11-6-12-23-18)21-16-10-5-8-14-7-3-4-9-15(14)16/h3-4,6-7,9,11-13H,2,5,8,10H2,1H3. The van der Waals surface area contributed by atoms with Crippen molar-refractivity contribution in [2.75, 3.05) is 6.54 Å². The summed E-state index contributed by atoms with van der Waals surface area (Å²) in [6, 6.07) is 12.9. The van der Waals surface area contributed by atoms with Gasteiger partial charge < -0.3 is 0 Å². The molecule has 3 aromatic rings. The molecule has 1 aliphatic rings. The summed E-state index contributed by atoms with van der Waals surface area (Å²) >= 11 is 3.41. The summed E-state index contributed by atoms with van der Waals surface area (Å²) in [6.07, 6.45) is 3.33. The second-order valence-corrected chi connectivity index (χ2v) is 7.51. The third-order valence-electron chi connectivity index (χ3n) is 4.16. The number of aryl methyl sites for hydroxylation is 1. The molecule has 0 atom stereocenters. The van der Waals surface area contributed by atoms with Crippen molar-refractivity contribution in [3.8, 4) is 10.6 Å². The van der Waals surface area contributed by atoms with Gasteiger partial charge in [-0.15, -0.1) is 22.7 Å². The van der Waals surface area contributed by atoms with Crippen molar-refractivity contribution in [2.24, 2.45) is 10.1 Å². The van der Waals surface area contributed by atoms with E-state index in [-0.39, 0.29) is 0 Å². The van der Waals surface area contributed by atoms with Gasteiger partial charge >= 0.3 is 0 Å². The predicted molar refractivity (Wildman–Crippen MR) is 103 cm³/mol. The molecule has 0 N–H and O–H groups in total. The Morgan fingerprint density at radius 3 is 2.83 bits per heavy atom. The van der Waals surface area contributed by atoms with Crippen molar-refractivity contribution in [2.45, 2.75) is 26.2 Å². The Balaban J connectivity index is 1.88. The second-order valence-electron chi connectivity index (χ2n) is 5.72. The molecule has 0 spiro atoms. The Morgan fingerprint density at radius 1 is 1.08 bits per heavy atom. The smallest absolute Gasteiger partial charge is 0.206 e. The first-order chi connectivity index (χ1) is 11.9. The van der Waals surface area contributed by atoms with Crippen LogP contribution in [0.1, 0.15) is 30.9 Å². The molecule has 122 valence electrons. The molecule has 1 aliphatic carbocycles. The second kappa shape index (κ2) is 6.87. The zero-order valence-corrected chi connectivity index (χ0v) is 15.2. The zero-order chi connectivity index (χ0) is 16.4. The van der Waals surface area contributed by atoms with Crippen molar-refractivity contribution < 1.29 is 0 Å². The number of hydrogen-bond acceptors (Lipinski definition) is 4. The Labute approximate surface area is 149 Å². The molecule has 0 amide bonds. The highest BCUT2D eigenvalue weighted by Gasteiger charge is 2.16. The summed E-state index contributed by atoms with van der Waals surface area (Å²) in [5.74, 6) is 0. The lowest BCUT2D eigenvalue weighted by Gasteiger charge is -2.17.